The van der Waals surface area contributed by atoms with Crippen molar-refractivity contribution in [1.29, 1.82) is 0 Å². The number of aromatic nitrogens is 2. The first kappa shape index (κ1) is 10.9. The maximum absolute atomic E-state index is 11.2. The van der Waals surface area contributed by atoms with Crippen LogP contribution in [0.3, 0.4) is 0 Å². The van der Waals surface area contributed by atoms with Gasteiger partial charge in [0.15, 0.2) is 0 Å². The highest BCUT2D eigenvalue weighted by Gasteiger charge is 2.02. The average molecular weight is 212 g/mol. The molecule has 1 atom stereocenters. The number of nitrogens with two attached hydrogens (primary N) is 3. The van der Waals surface area contributed by atoms with Gasteiger partial charge in [0.2, 0.25) is 0 Å². The molecular weight excluding hydrogens is 200 g/mol. The van der Waals surface area contributed by atoms with Gasteiger partial charge in [0, 0.05) is 12.3 Å². The molecule has 1 aromatic rings. The molecule has 1 rings (SSSR count). The predicted octanol–water partition coefficient (Wildman–Crippen LogP) is -2.88. The molecule has 0 fully saturated rings. The van der Waals surface area contributed by atoms with Gasteiger partial charge in [-0.15, -0.1) is 0 Å². The lowest BCUT2D eigenvalue weighted by Crippen LogP contribution is -2.47. The molecule has 0 aliphatic heterocycles. The molecule has 0 aromatic carbocycles. The third-order valence-corrected chi connectivity index (χ3v) is 1.51. The summed E-state index contributed by atoms with van der Waals surface area (Å²) in [6, 6.07) is 1.18. The summed E-state index contributed by atoms with van der Waals surface area (Å²) in [6.07, 6.45) is 1.68. The average Bonchev–Trinajstić information content (AvgIpc) is 2.10. The van der Waals surface area contributed by atoms with Gasteiger partial charge in [-0.25, -0.2) is 4.79 Å². The maximum Gasteiger partial charge on any atom is 0.347 e. The molecule has 0 aliphatic rings. The minimum Gasteiger partial charge on any atom is -0.386 e. The second-order valence-electron chi connectivity index (χ2n) is 2.78. The van der Waals surface area contributed by atoms with Gasteiger partial charge < -0.3 is 22.2 Å². The van der Waals surface area contributed by atoms with Crippen molar-refractivity contribution in [2.24, 2.45) is 17.2 Å². The Morgan fingerprint density at radius 3 is 2.73 bits per heavy atom. The Balaban J connectivity index is 2.95. The van der Waals surface area contributed by atoms with Crippen molar-refractivity contribution in [1.82, 2.24) is 9.66 Å². The quantitative estimate of drug-likeness (QED) is 0.340. The summed E-state index contributed by atoms with van der Waals surface area (Å²) in [6.45, 7) is 0. The molecule has 15 heavy (non-hydrogen) atoms. The summed E-state index contributed by atoms with van der Waals surface area (Å²) < 4.78 is 0.726. The Hall–Kier alpha value is -2.22. The monoisotopic (exact) mass is 212 g/mol. The summed E-state index contributed by atoms with van der Waals surface area (Å²) in [4.78, 5) is 24.7. The van der Waals surface area contributed by atoms with Crippen LogP contribution in [0, 0.1) is 0 Å². The largest absolute Gasteiger partial charge is 0.386 e. The van der Waals surface area contributed by atoms with Crippen molar-refractivity contribution >= 4 is 0 Å². The molecule has 1 heterocycles. The van der Waals surface area contributed by atoms with Crippen molar-refractivity contribution in [3.63, 3.8) is 0 Å². The fourth-order valence-corrected chi connectivity index (χ4v) is 0.939. The van der Waals surface area contributed by atoms with Crippen molar-refractivity contribution in [3.05, 3.63) is 45.0 Å². The van der Waals surface area contributed by atoms with E-state index in [0.717, 1.165) is 4.68 Å². The zero-order valence-corrected chi connectivity index (χ0v) is 7.81. The number of hydrogen-bond donors (Lipinski definition) is 5. The van der Waals surface area contributed by atoms with Crippen molar-refractivity contribution in [2.45, 2.75) is 6.17 Å². The van der Waals surface area contributed by atoms with Crippen LogP contribution >= 0.6 is 0 Å². The van der Waals surface area contributed by atoms with E-state index in [9.17, 15) is 9.59 Å². The molecule has 0 bridgehead atoms. The zero-order valence-electron chi connectivity index (χ0n) is 7.81. The summed E-state index contributed by atoms with van der Waals surface area (Å²) in [5, 5.41) is 0. The molecule has 8 nitrogen and oxygen atoms in total. The Morgan fingerprint density at radius 1 is 1.53 bits per heavy atom. The van der Waals surface area contributed by atoms with Crippen LogP contribution in [-0.4, -0.2) is 15.8 Å². The maximum atomic E-state index is 11.2. The predicted molar refractivity (Wildman–Crippen MR) is 55.1 cm³/mol. The van der Waals surface area contributed by atoms with E-state index in [0.29, 0.717) is 0 Å². The lowest BCUT2D eigenvalue weighted by Gasteiger charge is -2.11. The second-order valence-corrected chi connectivity index (χ2v) is 2.78. The van der Waals surface area contributed by atoms with E-state index in [1.165, 1.54) is 18.3 Å². The third kappa shape index (κ3) is 2.88. The van der Waals surface area contributed by atoms with Crippen LogP contribution in [0.25, 0.3) is 0 Å². The summed E-state index contributed by atoms with van der Waals surface area (Å²) in [5.41, 5.74) is 17.1. The first-order chi connectivity index (χ1) is 7.00. The van der Waals surface area contributed by atoms with Gasteiger partial charge in [-0.3, -0.25) is 10.2 Å². The molecule has 0 radical (unpaired) electrons. The molecule has 1 aromatic heterocycles. The number of aromatic amines is 1. The number of rotatable bonds is 3. The van der Waals surface area contributed by atoms with Gasteiger partial charge in [-0.2, -0.15) is 4.68 Å². The number of nitrogens with one attached hydrogen (secondary N) is 2. The zero-order chi connectivity index (χ0) is 11.4. The van der Waals surface area contributed by atoms with Crippen LogP contribution in [0.1, 0.15) is 0 Å². The molecule has 0 amide bonds. The lowest BCUT2D eigenvalue weighted by atomic mass is 10.5. The SMILES string of the molecule is NC(N)=CC(N)Nn1c(=O)cc[nH]c1=O. The van der Waals surface area contributed by atoms with Crippen LogP contribution in [0.5, 0.6) is 0 Å². The highest BCUT2D eigenvalue weighted by Crippen LogP contribution is 1.78. The van der Waals surface area contributed by atoms with E-state index in [1.807, 2.05) is 0 Å². The van der Waals surface area contributed by atoms with E-state index in [1.54, 1.807) is 0 Å². The smallest absolute Gasteiger partial charge is 0.347 e. The van der Waals surface area contributed by atoms with Gasteiger partial charge >= 0.3 is 5.69 Å². The standard InChI is InChI=1S/C7H12N6O2/c8-4(9)3-5(10)12-13-6(14)1-2-11-7(13)15/h1-3,5,12H,8-10H2,(H,11,15). The van der Waals surface area contributed by atoms with Crippen LogP contribution < -0.4 is 33.9 Å². The highest BCUT2D eigenvalue weighted by molar-refractivity contribution is 5.02. The topological polar surface area (TPSA) is 145 Å². The third-order valence-electron chi connectivity index (χ3n) is 1.51. The van der Waals surface area contributed by atoms with Crippen molar-refractivity contribution in [2.75, 3.05) is 5.43 Å². The first-order valence-electron chi connectivity index (χ1n) is 4.06. The van der Waals surface area contributed by atoms with Crippen LogP contribution in [0.2, 0.25) is 0 Å². The number of hydrogen-bond acceptors (Lipinski definition) is 6. The fraction of sp³-hybridized carbons (Fsp3) is 0.143. The highest BCUT2D eigenvalue weighted by atomic mass is 16.2. The lowest BCUT2D eigenvalue weighted by molar-refractivity contribution is 0.690. The van der Waals surface area contributed by atoms with E-state index < -0.39 is 17.4 Å². The Kier molecular flexibility index (Phi) is 3.13. The molecule has 82 valence electrons. The Labute approximate surface area is 84.3 Å². The Bertz CT molecular complexity index is 441. The summed E-state index contributed by atoms with van der Waals surface area (Å²) >= 11 is 0. The molecular formula is C7H12N6O2. The van der Waals surface area contributed by atoms with E-state index in [-0.39, 0.29) is 5.82 Å². The minimum atomic E-state index is -0.823. The molecule has 0 saturated heterocycles. The van der Waals surface area contributed by atoms with Gasteiger partial charge in [0.05, 0.1) is 5.82 Å². The second kappa shape index (κ2) is 4.33. The molecule has 8 N–H and O–H groups in total. The normalized spacial score (nSPS) is 11.8. The van der Waals surface area contributed by atoms with Crippen LogP contribution in [0.15, 0.2) is 33.7 Å². The van der Waals surface area contributed by atoms with Crippen LogP contribution in [-0.2, 0) is 0 Å². The molecule has 8 heteroatoms. The molecule has 0 aliphatic carbocycles. The van der Waals surface area contributed by atoms with Crippen molar-refractivity contribution in [3.8, 4) is 0 Å². The molecule has 0 spiro atoms. The molecule has 0 saturated carbocycles. The number of nitrogens with zero attached hydrogens (tertiary/aromatic N) is 1. The Morgan fingerprint density at radius 2 is 2.20 bits per heavy atom. The van der Waals surface area contributed by atoms with Crippen molar-refractivity contribution < 1.29 is 0 Å². The fourth-order valence-electron chi connectivity index (χ4n) is 0.939. The first-order valence-corrected chi connectivity index (χ1v) is 4.06. The van der Waals surface area contributed by atoms with E-state index >= 15 is 0 Å². The van der Waals surface area contributed by atoms with E-state index in [2.05, 4.69) is 10.4 Å². The van der Waals surface area contributed by atoms with Gasteiger partial charge in [-0.05, 0) is 6.08 Å². The van der Waals surface area contributed by atoms with Gasteiger partial charge in [0.1, 0.15) is 6.17 Å². The minimum absolute atomic E-state index is 0.00425. The summed E-state index contributed by atoms with van der Waals surface area (Å²) in [7, 11) is 0. The van der Waals surface area contributed by atoms with Crippen LogP contribution in [0.4, 0.5) is 0 Å². The molecule has 1 unspecified atom stereocenters. The van der Waals surface area contributed by atoms with Gasteiger partial charge in [0.25, 0.3) is 5.56 Å². The van der Waals surface area contributed by atoms with E-state index in [4.69, 9.17) is 17.2 Å². The number of H-pyrrole nitrogens is 1. The summed E-state index contributed by atoms with van der Waals surface area (Å²) in [5.74, 6) is -0.00425. The van der Waals surface area contributed by atoms with Gasteiger partial charge in [-0.1, -0.05) is 0 Å².